The Morgan fingerprint density at radius 2 is 1.76 bits per heavy atom. The number of H-pyrrole nitrogens is 1. The topological polar surface area (TPSA) is 94.3 Å². The van der Waals surface area contributed by atoms with E-state index in [2.05, 4.69) is 83.6 Å². The summed E-state index contributed by atoms with van der Waals surface area (Å²) in [6.07, 6.45) is 8.49. The van der Waals surface area contributed by atoms with E-state index < -0.39 is 0 Å². The van der Waals surface area contributed by atoms with Gasteiger partial charge in [0.05, 0.1) is 12.2 Å². The van der Waals surface area contributed by atoms with Crippen LogP contribution in [0.25, 0.3) is 28.2 Å². The van der Waals surface area contributed by atoms with Crippen LogP contribution in [0, 0.1) is 0 Å². The molecular weight excluding hydrogens is 474 g/mol. The summed E-state index contributed by atoms with van der Waals surface area (Å²) < 4.78 is 3.75. The molecule has 0 unspecified atom stereocenters. The molecule has 5 aromatic rings. The van der Waals surface area contributed by atoms with Crippen LogP contribution in [-0.4, -0.2) is 34.7 Å². The lowest BCUT2D eigenvalue weighted by atomic mass is 9.86. The minimum atomic E-state index is -0.0785. The minimum absolute atomic E-state index is 0.00888. The van der Waals surface area contributed by atoms with E-state index in [9.17, 15) is 4.79 Å². The second-order valence-corrected chi connectivity index (χ2v) is 10.6. The van der Waals surface area contributed by atoms with Gasteiger partial charge in [-0.3, -0.25) is 14.1 Å². The average Bonchev–Trinajstić information content (AvgIpc) is 3.56. The van der Waals surface area contributed by atoms with Crippen molar-refractivity contribution in [3.8, 4) is 28.2 Å². The number of nitrogens with zero attached hydrogens (tertiary/aromatic N) is 6. The molecule has 0 saturated carbocycles. The summed E-state index contributed by atoms with van der Waals surface area (Å²) in [4.78, 5) is 18.0. The number of aryl methyl sites for hydroxylation is 1. The fourth-order valence-corrected chi connectivity index (χ4v) is 4.82. The van der Waals surface area contributed by atoms with E-state index in [0.29, 0.717) is 12.4 Å². The summed E-state index contributed by atoms with van der Waals surface area (Å²) in [6, 6.07) is 18.4. The summed E-state index contributed by atoms with van der Waals surface area (Å²) in [5, 5.41) is 14.4. The molecule has 0 saturated heterocycles. The van der Waals surface area contributed by atoms with Crippen molar-refractivity contribution in [3.63, 3.8) is 0 Å². The third-order valence-corrected chi connectivity index (χ3v) is 6.83. The second-order valence-electron chi connectivity index (χ2n) is 10.6. The van der Waals surface area contributed by atoms with E-state index in [1.54, 1.807) is 12.4 Å². The van der Waals surface area contributed by atoms with Crippen LogP contribution in [0.15, 0.2) is 78.0 Å². The van der Waals surface area contributed by atoms with Gasteiger partial charge in [-0.25, -0.2) is 4.79 Å². The molecule has 194 valence electrons. The SMILES string of the molecule is CCCCc1cn(-c2ccccc2C(C)(C)C)c(=O)n1Cc1ccc(-c2ccncc2-c2nn[nH]n2)cc1. The fraction of sp³-hybridized carbons (Fsp3) is 0.300. The largest absolute Gasteiger partial charge is 0.333 e. The third kappa shape index (κ3) is 5.07. The highest BCUT2D eigenvalue weighted by molar-refractivity contribution is 5.79. The van der Waals surface area contributed by atoms with Crippen LogP contribution in [0.2, 0.25) is 0 Å². The van der Waals surface area contributed by atoms with E-state index in [4.69, 9.17) is 0 Å². The standard InChI is InChI=1S/C30H33N7O/c1-5-6-9-23-20-37(27-11-8-7-10-26(27)30(2,3)4)29(38)36(23)19-21-12-14-22(15-13-21)24-16-17-31-18-25(24)28-32-34-35-33-28/h7-8,10-18,20H,5-6,9,19H2,1-4H3,(H,32,33,34,35). The molecule has 0 amide bonds. The highest BCUT2D eigenvalue weighted by atomic mass is 16.1. The lowest BCUT2D eigenvalue weighted by molar-refractivity contribution is 0.584. The van der Waals surface area contributed by atoms with Crippen LogP contribution in [0.4, 0.5) is 0 Å². The maximum atomic E-state index is 13.8. The summed E-state index contributed by atoms with van der Waals surface area (Å²) in [5.74, 6) is 0.501. The van der Waals surface area contributed by atoms with Crippen LogP contribution in [0.1, 0.15) is 57.4 Å². The van der Waals surface area contributed by atoms with Crippen molar-refractivity contribution in [2.75, 3.05) is 0 Å². The number of imidazole rings is 1. The molecule has 38 heavy (non-hydrogen) atoms. The Labute approximate surface area is 222 Å². The molecule has 2 aromatic carbocycles. The number of tetrazole rings is 1. The number of hydrogen-bond acceptors (Lipinski definition) is 5. The maximum Gasteiger partial charge on any atom is 0.333 e. The molecule has 0 aliphatic carbocycles. The Morgan fingerprint density at radius 1 is 0.974 bits per heavy atom. The first-order chi connectivity index (χ1) is 18.4. The molecule has 0 atom stereocenters. The van der Waals surface area contributed by atoms with Gasteiger partial charge in [0.25, 0.3) is 0 Å². The van der Waals surface area contributed by atoms with Gasteiger partial charge in [-0.1, -0.05) is 76.6 Å². The Balaban J connectivity index is 1.50. The first-order valence-corrected chi connectivity index (χ1v) is 13.0. The Morgan fingerprint density at radius 3 is 2.47 bits per heavy atom. The molecule has 0 radical (unpaired) electrons. The summed E-state index contributed by atoms with van der Waals surface area (Å²) in [6.45, 7) is 9.23. The fourth-order valence-electron chi connectivity index (χ4n) is 4.82. The quantitative estimate of drug-likeness (QED) is 0.296. The number of aromatic amines is 1. The van der Waals surface area contributed by atoms with Gasteiger partial charge in [0, 0.05) is 29.8 Å². The summed E-state index contributed by atoms with van der Waals surface area (Å²) in [5.41, 5.74) is 6.93. The van der Waals surface area contributed by atoms with Crippen molar-refractivity contribution in [2.45, 2.75) is 58.9 Å². The number of nitrogens with one attached hydrogen (secondary N) is 1. The highest BCUT2D eigenvalue weighted by Crippen LogP contribution is 2.30. The van der Waals surface area contributed by atoms with Gasteiger partial charge in [-0.15, -0.1) is 10.2 Å². The number of pyridine rings is 1. The molecule has 0 aliphatic heterocycles. The summed E-state index contributed by atoms with van der Waals surface area (Å²) >= 11 is 0. The lowest BCUT2D eigenvalue weighted by Gasteiger charge is -2.22. The van der Waals surface area contributed by atoms with Crippen molar-refractivity contribution in [2.24, 2.45) is 0 Å². The Bertz CT molecular complexity index is 1570. The van der Waals surface area contributed by atoms with E-state index in [-0.39, 0.29) is 11.1 Å². The summed E-state index contributed by atoms with van der Waals surface area (Å²) in [7, 11) is 0. The Hall–Kier alpha value is -4.33. The average molecular weight is 508 g/mol. The number of benzene rings is 2. The number of hydrogen-bond donors (Lipinski definition) is 1. The van der Waals surface area contributed by atoms with Crippen molar-refractivity contribution < 1.29 is 0 Å². The van der Waals surface area contributed by atoms with Gasteiger partial charge < -0.3 is 0 Å². The van der Waals surface area contributed by atoms with Gasteiger partial charge in [0.15, 0.2) is 0 Å². The first kappa shape index (κ1) is 25.3. The van der Waals surface area contributed by atoms with E-state index in [0.717, 1.165) is 58.5 Å². The predicted octanol–water partition coefficient (Wildman–Crippen LogP) is 5.57. The lowest BCUT2D eigenvalue weighted by Crippen LogP contribution is -2.26. The molecule has 5 rings (SSSR count). The molecule has 0 fully saturated rings. The van der Waals surface area contributed by atoms with E-state index >= 15 is 0 Å². The van der Waals surface area contributed by atoms with Gasteiger partial charge >= 0.3 is 5.69 Å². The van der Waals surface area contributed by atoms with Crippen molar-refractivity contribution in [3.05, 3.63) is 100 Å². The third-order valence-electron chi connectivity index (χ3n) is 6.83. The van der Waals surface area contributed by atoms with Crippen molar-refractivity contribution >= 4 is 0 Å². The van der Waals surface area contributed by atoms with Gasteiger partial charge in [0.2, 0.25) is 5.82 Å². The van der Waals surface area contributed by atoms with Crippen LogP contribution >= 0.6 is 0 Å². The van der Waals surface area contributed by atoms with Crippen LogP contribution in [-0.2, 0) is 18.4 Å². The number of para-hydroxylation sites is 1. The molecule has 1 N–H and O–H groups in total. The van der Waals surface area contributed by atoms with Crippen LogP contribution in [0.3, 0.4) is 0 Å². The van der Waals surface area contributed by atoms with Crippen molar-refractivity contribution in [1.82, 2.24) is 34.7 Å². The molecule has 0 aliphatic rings. The van der Waals surface area contributed by atoms with E-state index in [1.165, 1.54) is 0 Å². The van der Waals surface area contributed by atoms with Crippen LogP contribution < -0.4 is 5.69 Å². The molecule has 0 bridgehead atoms. The number of unbranched alkanes of at least 4 members (excludes halogenated alkanes) is 1. The highest BCUT2D eigenvalue weighted by Gasteiger charge is 2.21. The second kappa shape index (κ2) is 10.6. The zero-order chi connectivity index (χ0) is 26.7. The van der Waals surface area contributed by atoms with Gasteiger partial charge in [-0.2, -0.15) is 5.21 Å². The minimum Gasteiger partial charge on any atom is -0.292 e. The number of rotatable bonds is 8. The van der Waals surface area contributed by atoms with Crippen LogP contribution in [0.5, 0.6) is 0 Å². The normalized spacial score (nSPS) is 11.7. The molecule has 3 aromatic heterocycles. The zero-order valence-corrected chi connectivity index (χ0v) is 22.3. The molecule has 8 heteroatoms. The Kier molecular flexibility index (Phi) is 7.05. The smallest absolute Gasteiger partial charge is 0.292 e. The zero-order valence-electron chi connectivity index (χ0n) is 22.3. The first-order valence-electron chi connectivity index (χ1n) is 13.0. The molecule has 0 spiro atoms. The molecule has 3 heterocycles. The maximum absolute atomic E-state index is 13.8. The predicted molar refractivity (Wildman–Crippen MR) is 149 cm³/mol. The molecular formula is C30H33N7O. The van der Waals surface area contributed by atoms with Crippen molar-refractivity contribution in [1.29, 1.82) is 0 Å². The number of aromatic nitrogens is 7. The van der Waals surface area contributed by atoms with Gasteiger partial charge in [0.1, 0.15) is 0 Å². The van der Waals surface area contributed by atoms with Gasteiger partial charge in [-0.05, 0) is 57.9 Å². The monoisotopic (exact) mass is 507 g/mol. The van der Waals surface area contributed by atoms with E-state index in [1.807, 2.05) is 39.6 Å². The molecule has 8 nitrogen and oxygen atoms in total.